The summed E-state index contributed by atoms with van der Waals surface area (Å²) in [4.78, 5) is 24.2. The second-order valence-electron chi connectivity index (χ2n) is 3.73. The Hall–Kier alpha value is -1.10. The van der Waals surface area contributed by atoms with E-state index >= 15 is 0 Å². The van der Waals surface area contributed by atoms with Crippen LogP contribution in [0.4, 0.5) is 0 Å². The van der Waals surface area contributed by atoms with Crippen molar-refractivity contribution in [2.24, 2.45) is 0 Å². The third kappa shape index (κ3) is 8.68. The smallest absolute Gasteiger partial charge is 0.307 e. The fourth-order valence-corrected chi connectivity index (χ4v) is 1.21. The number of rotatable bonds is 9. The largest absolute Gasteiger partial charge is 0.466 e. The van der Waals surface area contributed by atoms with Crippen molar-refractivity contribution in [2.45, 2.75) is 33.1 Å². The Morgan fingerprint density at radius 1 is 1.12 bits per heavy atom. The molecule has 5 heteroatoms. The van der Waals surface area contributed by atoms with E-state index in [1.54, 1.807) is 14.0 Å². The van der Waals surface area contributed by atoms with E-state index in [2.05, 4.69) is 0 Å². The highest BCUT2D eigenvalue weighted by Gasteiger charge is 2.10. The van der Waals surface area contributed by atoms with Gasteiger partial charge in [0.1, 0.15) is 0 Å². The van der Waals surface area contributed by atoms with Crippen molar-refractivity contribution in [3.63, 3.8) is 0 Å². The Balaban J connectivity index is 3.63. The van der Waals surface area contributed by atoms with Crippen LogP contribution in [-0.4, -0.2) is 50.2 Å². The fraction of sp³-hybridized carbons (Fsp3) is 0.833. The molecule has 0 bridgehead atoms. The first-order valence-electron chi connectivity index (χ1n) is 6.09. The normalized spacial score (nSPS) is 10.1. The highest BCUT2D eigenvalue weighted by atomic mass is 16.5. The van der Waals surface area contributed by atoms with Crippen LogP contribution in [0, 0.1) is 0 Å². The number of amides is 1. The maximum atomic E-state index is 11.6. The maximum Gasteiger partial charge on any atom is 0.307 e. The first-order valence-corrected chi connectivity index (χ1v) is 6.09. The van der Waals surface area contributed by atoms with Crippen molar-refractivity contribution < 1.29 is 19.1 Å². The molecule has 0 aromatic carbocycles. The Labute approximate surface area is 103 Å². The molecule has 0 aliphatic rings. The number of esters is 1. The Bertz CT molecular complexity index is 231. The summed E-state index contributed by atoms with van der Waals surface area (Å²) in [5, 5.41) is 0. The van der Waals surface area contributed by atoms with Crippen molar-refractivity contribution in [3.8, 4) is 0 Å². The molecule has 0 N–H and O–H groups in total. The molecule has 0 atom stereocenters. The van der Waals surface area contributed by atoms with Gasteiger partial charge in [0.15, 0.2) is 0 Å². The van der Waals surface area contributed by atoms with Crippen LogP contribution >= 0.6 is 0 Å². The predicted molar refractivity (Wildman–Crippen MR) is 64.6 cm³/mol. The minimum atomic E-state index is -0.269. The molecule has 0 rings (SSSR count). The SMILES string of the molecule is CCCOCCC(=O)N(C)CCC(=O)OCC. The van der Waals surface area contributed by atoms with Crippen LogP contribution in [0.3, 0.4) is 0 Å². The summed E-state index contributed by atoms with van der Waals surface area (Å²) in [5.74, 6) is -0.278. The zero-order chi connectivity index (χ0) is 13.1. The summed E-state index contributed by atoms with van der Waals surface area (Å²) < 4.78 is 10.0. The molecule has 0 radical (unpaired) electrons. The minimum Gasteiger partial charge on any atom is -0.466 e. The van der Waals surface area contributed by atoms with Crippen molar-refractivity contribution in [1.29, 1.82) is 0 Å². The standard InChI is InChI=1S/C12H23NO4/c1-4-9-16-10-7-11(14)13(3)8-6-12(15)17-5-2/h4-10H2,1-3H3. The molecule has 0 heterocycles. The lowest BCUT2D eigenvalue weighted by atomic mass is 10.3. The maximum absolute atomic E-state index is 11.6. The van der Waals surface area contributed by atoms with Gasteiger partial charge in [-0.1, -0.05) is 6.92 Å². The van der Waals surface area contributed by atoms with Gasteiger partial charge in [-0.2, -0.15) is 0 Å². The molecular formula is C12H23NO4. The van der Waals surface area contributed by atoms with E-state index < -0.39 is 0 Å². The molecule has 0 fully saturated rings. The summed E-state index contributed by atoms with van der Waals surface area (Å²) in [7, 11) is 1.68. The van der Waals surface area contributed by atoms with Crippen molar-refractivity contribution in [2.75, 3.05) is 33.4 Å². The molecule has 5 nitrogen and oxygen atoms in total. The van der Waals surface area contributed by atoms with Crippen LogP contribution in [0.5, 0.6) is 0 Å². The lowest BCUT2D eigenvalue weighted by Gasteiger charge is -2.16. The average Bonchev–Trinajstić information content (AvgIpc) is 2.31. The van der Waals surface area contributed by atoms with Gasteiger partial charge in [-0.05, 0) is 13.3 Å². The van der Waals surface area contributed by atoms with Crippen molar-refractivity contribution in [1.82, 2.24) is 4.90 Å². The quantitative estimate of drug-likeness (QED) is 0.452. The van der Waals surface area contributed by atoms with E-state index in [1.807, 2.05) is 6.92 Å². The molecule has 0 aliphatic carbocycles. The number of hydrogen-bond acceptors (Lipinski definition) is 4. The van der Waals surface area contributed by atoms with Gasteiger partial charge in [-0.3, -0.25) is 9.59 Å². The number of carbonyl (C=O) groups excluding carboxylic acids is 2. The van der Waals surface area contributed by atoms with Gasteiger partial charge in [-0.15, -0.1) is 0 Å². The molecule has 100 valence electrons. The molecule has 0 unspecified atom stereocenters. The Kier molecular flexibility index (Phi) is 9.43. The topological polar surface area (TPSA) is 55.8 Å². The first-order chi connectivity index (χ1) is 8.11. The molecule has 17 heavy (non-hydrogen) atoms. The molecule has 1 amide bonds. The second kappa shape index (κ2) is 10.1. The average molecular weight is 245 g/mol. The van der Waals surface area contributed by atoms with Crippen LogP contribution in [0.15, 0.2) is 0 Å². The van der Waals surface area contributed by atoms with E-state index in [-0.39, 0.29) is 18.3 Å². The molecule has 0 spiro atoms. The number of nitrogens with zero attached hydrogens (tertiary/aromatic N) is 1. The number of hydrogen-bond donors (Lipinski definition) is 0. The minimum absolute atomic E-state index is 0.00889. The summed E-state index contributed by atoms with van der Waals surface area (Å²) in [6.45, 7) is 5.67. The fourth-order valence-electron chi connectivity index (χ4n) is 1.21. The Morgan fingerprint density at radius 3 is 2.41 bits per heavy atom. The van der Waals surface area contributed by atoms with Crippen LogP contribution in [0.2, 0.25) is 0 Å². The molecule has 0 saturated heterocycles. The molecule has 0 aromatic heterocycles. The zero-order valence-corrected chi connectivity index (χ0v) is 11.0. The first kappa shape index (κ1) is 15.9. The van der Waals surface area contributed by atoms with Gasteiger partial charge in [0.2, 0.25) is 5.91 Å². The van der Waals surface area contributed by atoms with Crippen LogP contribution in [0.1, 0.15) is 33.1 Å². The summed E-state index contributed by atoms with van der Waals surface area (Å²) in [5.41, 5.74) is 0. The van der Waals surface area contributed by atoms with Gasteiger partial charge in [-0.25, -0.2) is 0 Å². The lowest BCUT2D eigenvalue weighted by Crippen LogP contribution is -2.30. The molecule has 0 aliphatic heterocycles. The van der Waals surface area contributed by atoms with Crippen LogP contribution in [-0.2, 0) is 19.1 Å². The van der Waals surface area contributed by atoms with Gasteiger partial charge >= 0.3 is 5.97 Å². The van der Waals surface area contributed by atoms with Crippen molar-refractivity contribution in [3.05, 3.63) is 0 Å². The highest BCUT2D eigenvalue weighted by molar-refractivity contribution is 5.77. The van der Waals surface area contributed by atoms with Gasteiger partial charge in [0.05, 0.1) is 26.1 Å². The number of carbonyl (C=O) groups is 2. The van der Waals surface area contributed by atoms with E-state index in [9.17, 15) is 9.59 Å². The second-order valence-corrected chi connectivity index (χ2v) is 3.73. The van der Waals surface area contributed by atoms with E-state index in [0.29, 0.717) is 32.8 Å². The van der Waals surface area contributed by atoms with Gasteiger partial charge in [0.25, 0.3) is 0 Å². The van der Waals surface area contributed by atoms with E-state index in [4.69, 9.17) is 9.47 Å². The number of ether oxygens (including phenoxy) is 2. The van der Waals surface area contributed by atoms with Gasteiger partial charge in [0, 0.05) is 20.2 Å². The molecule has 0 aromatic rings. The van der Waals surface area contributed by atoms with Crippen LogP contribution < -0.4 is 0 Å². The van der Waals surface area contributed by atoms with E-state index in [1.165, 1.54) is 4.90 Å². The third-order valence-corrected chi connectivity index (χ3v) is 2.19. The van der Waals surface area contributed by atoms with Gasteiger partial charge < -0.3 is 14.4 Å². The van der Waals surface area contributed by atoms with Crippen LogP contribution in [0.25, 0.3) is 0 Å². The zero-order valence-electron chi connectivity index (χ0n) is 11.0. The summed E-state index contributed by atoms with van der Waals surface area (Å²) in [6, 6.07) is 0. The lowest BCUT2D eigenvalue weighted by molar-refractivity contribution is -0.143. The highest BCUT2D eigenvalue weighted by Crippen LogP contribution is 1.96. The molecular weight excluding hydrogens is 222 g/mol. The van der Waals surface area contributed by atoms with Crippen molar-refractivity contribution >= 4 is 11.9 Å². The third-order valence-electron chi connectivity index (χ3n) is 2.19. The monoisotopic (exact) mass is 245 g/mol. The molecule has 0 saturated carbocycles. The Morgan fingerprint density at radius 2 is 1.82 bits per heavy atom. The summed E-state index contributed by atoms with van der Waals surface area (Å²) in [6.07, 6.45) is 1.55. The van der Waals surface area contributed by atoms with E-state index in [0.717, 1.165) is 6.42 Å². The summed E-state index contributed by atoms with van der Waals surface area (Å²) >= 11 is 0. The predicted octanol–water partition coefficient (Wildman–Crippen LogP) is 1.21.